The summed E-state index contributed by atoms with van der Waals surface area (Å²) in [5.41, 5.74) is 0.720. The Kier molecular flexibility index (Phi) is 3.75. The molecule has 98 valence electrons. The molecule has 1 aromatic carbocycles. The van der Waals surface area contributed by atoms with E-state index in [0.717, 1.165) is 5.69 Å². The van der Waals surface area contributed by atoms with E-state index in [9.17, 15) is 9.18 Å². The van der Waals surface area contributed by atoms with Gasteiger partial charge in [-0.3, -0.25) is 4.79 Å². The van der Waals surface area contributed by atoms with Gasteiger partial charge < -0.3 is 10.1 Å². The van der Waals surface area contributed by atoms with Crippen molar-refractivity contribution in [3.05, 3.63) is 53.5 Å². The Morgan fingerprint density at radius 3 is 2.74 bits per heavy atom. The van der Waals surface area contributed by atoms with Crippen molar-refractivity contribution < 1.29 is 13.9 Å². The van der Waals surface area contributed by atoms with Gasteiger partial charge in [0.1, 0.15) is 17.4 Å². The number of carbonyl (C=O) groups excluding carboxylic acids is 1. The summed E-state index contributed by atoms with van der Waals surface area (Å²) in [6, 6.07) is 9.29. The van der Waals surface area contributed by atoms with Gasteiger partial charge in [0.2, 0.25) is 0 Å². The van der Waals surface area contributed by atoms with Gasteiger partial charge in [0, 0.05) is 11.8 Å². The number of rotatable bonds is 3. The standard InChI is InChI=1S/C14H13FN2O2/c1-9-4-3-5-13(16-9)17-14(18)11-7-6-10(19-2)8-12(11)15/h3-8H,1-2H3,(H,16,17,18). The van der Waals surface area contributed by atoms with Gasteiger partial charge in [-0.15, -0.1) is 0 Å². The summed E-state index contributed by atoms with van der Waals surface area (Å²) in [6.45, 7) is 1.81. The molecular formula is C14H13FN2O2. The summed E-state index contributed by atoms with van der Waals surface area (Å²) in [6.07, 6.45) is 0. The molecular weight excluding hydrogens is 247 g/mol. The highest BCUT2D eigenvalue weighted by Crippen LogP contribution is 2.17. The molecule has 0 aliphatic rings. The molecule has 2 aromatic rings. The summed E-state index contributed by atoms with van der Waals surface area (Å²) >= 11 is 0. The number of carbonyl (C=O) groups is 1. The molecule has 1 heterocycles. The van der Waals surface area contributed by atoms with Crippen LogP contribution in [0.5, 0.6) is 5.75 Å². The Balaban J connectivity index is 2.20. The van der Waals surface area contributed by atoms with Crippen molar-refractivity contribution in [2.45, 2.75) is 6.92 Å². The Morgan fingerprint density at radius 2 is 2.11 bits per heavy atom. The third kappa shape index (κ3) is 3.07. The normalized spacial score (nSPS) is 10.1. The quantitative estimate of drug-likeness (QED) is 0.923. The van der Waals surface area contributed by atoms with Crippen LogP contribution in [0, 0.1) is 12.7 Å². The topological polar surface area (TPSA) is 51.2 Å². The second-order valence-electron chi connectivity index (χ2n) is 3.96. The smallest absolute Gasteiger partial charge is 0.259 e. The van der Waals surface area contributed by atoms with E-state index in [4.69, 9.17) is 4.74 Å². The van der Waals surface area contributed by atoms with Crippen LogP contribution in [0.1, 0.15) is 16.1 Å². The highest BCUT2D eigenvalue weighted by atomic mass is 19.1. The van der Waals surface area contributed by atoms with Crippen molar-refractivity contribution in [2.24, 2.45) is 0 Å². The molecule has 0 saturated carbocycles. The lowest BCUT2D eigenvalue weighted by molar-refractivity contribution is 0.102. The zero-order chi connectivity index (χ0) is 13.8. The van der Waals surface area contributed by atoms with E-state index in [2.05, 4.69) is 10.3 Å². The fraction of sp³-hybridized carbons (Fsp3) is 0.143. The molecule has 0 bridgehead atoms. The fourth-order valence-corrected chi connectivity index (χ4v) is 1.60. The lowest BCUT2D eigenvalue weighted by Crippen LogP contribution is -2.14. The summed E-state index contributed by atoms with van der Waals surface area (Å²) < 4.78 is 18.6. The highest BCUT2D eigenvalue weighted by Gasteiger charge is 2.13. The molecule has 0 aliphatic carbocycles. The number of halogens is 1. The molecule has 0 atom stereocenters. The number of ether oxygens (including phenoxy) is 1. The molecule has 1 N–H and O–H groups in total. The van der Waals surface area contributed by atoms with Crippen LogP contribution in [-0.2, 0) is 0 Å². The van der Waals surface area contributed by atoms with Crippen LogP contribution in [0.2, 0.25) is 0 Å². The highest BCUT2D eigenvalue weighted by molar-refractivity contribution is 6.04. The Morgan fingerprint density at radius 1 is 1.32 bits per heavy atom. The van der Waals surface area contributed by atoms with Crippen LogP contribution in [-0.4, -0.2) is 18.0 Å². The Labute approximate surface area is 110 Å². The number of hydrogen-bond acceptors (Lipinski definition) is 3. The maximum absolute atomic E-state index is 13.7. The number of methoxy groups -OCH3 is 1. The first-order valence-electron chi connectivity index (χ1n) is 5.68. The zero-order valence-corrected chi connectivity index (χ0v) is 10.6. The third-order valence-electron chi connectivity index (χ3n) is 2.55. The number of anilines is 1. The number of amides is 1. The van der Waals surface area contributed by atoms with Gasteiger partial charge in [-0.2, -0.15) is 0 Å². The van der Waals surface area contributed by atoms with Crippen molar-refractivity contribution in [3.63, 3.8) is 0 Å². The van der Waals surface area contributed by atoms with Crippen molar-refractivity contribution >= 4 is 11.7 Å². The molecule has 5 heteroatoms. The number of pyridine rings is 1. The molecule has 4 nitrogen and oxygen atoms in total. The van der Waals surface area contributed by atoms with E-state index in [1.54, 1.807) is 12.1 Å². The molecule has 0 aliphatic heterocycles. The van der Waals surface area contributed by atoms with Crippen molar-refractivity contribution in [2.75, 3.05) is 12.4 Å². The molecule has 0 spiro atoms. The third-order valence-corrected chi connectivity index (χ3v) is 2.55. The maximum Gasteiger partial charge on any atom is 0.259 e. The monoisotopic (exact) mass is 260 g/mol. The number of benzene rings is 1. The number of hydrogen-bond donors (Lipinski definition) is 1. The van der Waals surface area contributed by atoms with Crippen LogP contribution < -0.4 is 10.1 Å². The van der Waals surface area contributed by atoms with Crippen LogP contribution >= 0.6 is 0 Å². The lowest BCUT2D eigenvalue weighted by atomic mass is 10.2. The summed E-state index contributed by atoms with van der Waals surface area (Å²) in [7, 11) is 1.44. The zero-order valence-electron chi connectivity index (χ0n) is 10.6. The molecule has 2 rings (SSSR count). The van der Waals surface area contributed by atoms with E-state index in [1.807, 2.05) is 13.0 Å². The van der Waals surface area contributed by atoms with Crippen LogP contribution in [0.3, 0.4) is 0 Å². The number of nitrogens with zero attached hydrogens (tertiary/aromatic N) is 1. The minimum Gasteiger partial charge on any atom is -0.497 e. The van der Waals surface area contributed by atoms with Gasteiger partial charge in [0.15, 0.2) is 0 Å². The van der Waals surface area contributed by atoms with Gasteiger partial charge in [-0.25, -0.2) is 9.37 Å². The molecule has 0 radical (unpaired) electrons. The first-order chi connectivity index (χ1) is 9.10. The SMILES string of the molecule is COc1ccc(C(=O)Nc2cccc(C)n2)c(F)c1. The molecule has 0 unspecified atom stereocenters. The van der Waals surface area contributed by atoms with E-state index in [0.29, 0.717) is 11.6 Å². The Bertz CT molecular complexity index is 614. The average molecular weight is 260 g/mol. The fourth-order valence-electron chi connectivity index (χ4n) is 1.60. The first kappa shape index (κ1) is 13.0. The average Bonchev–Trinajstić information content (AvgIpc) is 2.38. The van der Waals surface area contributed by atoms with E-state index in [-0.39, 0.29) is 5.56 Å². The van der Waals surface area contributed by atoms with Crippen molar-refractivity contribution in [1.82, 2.24) is 4.98 Å². The van der Waals surface area contributed by atoms with Gasteiger partial charge in [-0.1, -0.05) is 6.07 Å². The molecule has 1 amide bonds. The van der Waals surface area contributed by atoms with Gasteiger partial charge in [0.25, 0.3) is 5.91 Å². The second kappa shape index (κ2) is 5.48. The minimum atomic E-state index is -0.635. The van der Waals surface area contributed by atoms with Crippen LogP contribution in [0.4, 0.5) is 10.2 Å². The van der Waals surface area contributed by atoms with E-state index >= 15 is 0 Å². The predicted octanol–water partition coefficient (Wildman–Crippen LogP) is 2.79. The summed E-state index contributed by atoms with van der Waals surface area (Å²) in [4.78, 5) is 16.0. The predicted molar refractivity (Wildman–Crippen MR) is 69.9 cm³/mol. The lowest BCUT2D eigenvalue weighted by Gasteiger charge is -2.07. The Hall–Kier alpha value is -2.43. The number of aromatic nitrogens is 1. The summed E-state index contributed by atoms with van der Waals surface area (Å²) in [5, 5.41) is 2.55. The van der Waals surface area contributed by atoms with Gasteiger partial charge in [0.05, 0.1) is 12.7 Å². The molecule has 19 heavy (non-hydrogen) atoms. The van der Waals surface area contributed by atoms with Crippen LogP contribution in [0.25, 0.3) is 0 Å². The van der Waals surface area contributed by atoms with E-state index < -0.39 is 11.7 Å². The van der Waals surface area contributed by atoms with Crippen molar-refractivity contribution in [3.8, 4) is 5.75 Å². The largest absolute Gasteiger partial charge is 0.497 e. The first-order valence-corrected chi connectivity index (χ1v) is 5.68. The number of aryl methyl sites for hydroxylation is 1. The molecule has 0 saturated heterocycles. The van der Waals surface area contributed by atoms with E-state index in [1.165, 1.54) is 25.3 Å². The molecule has 1 aromatic heterocycles. The van der Waals surface area contributed by atoms with Crippen LogP contribution in [0.15, 0.2) is 36.4 Å². The minimum absolute atomic E-state index is 0.0518. The number of nitrogens with one attached hydrogen (secondary N) is 1. The maximum atomic E-state index is 13.7. The molecule has 0 fully saturated rings. The van der Waals surface area contributed by atoms with Gasteiger partial charge in [-0.05, 0) is 31.2 Å². The van der Waals surface area contributed by atoms with Crippen molar-refractivity contribution in [1.29, 1.82) is 0 Å². The second-order valence-corrected chi connectivity index (χ2v) is 3.96. The summed E-state index contributed by atoms with van der Waals surface area (Å²) in [5.74, 6) is -0.425. The van der Waals surface area contributed by atoms with Gasteiger partial charge >= 0.3 is 0 Å².